The van der Waals surface area contributed by atoms with E-state index in [4.69, 9.17) is 14.2 Å². The highest BCUT2D eigenvalue weighted by Gasteiger charge is 2.08. The first-order valence-corrected chi connectivity index (χ1v) is 10.5. The van der Waals surface area contributed by atoms with Gasteiger partial charge in [-0.05, 0) is 80.9 Å². The molecule has 0 bridgehead atoms. The minimum absolute atomic E-state index is 0.0600. The minimum Gasteiger partial charge on any atom is -0.494 e. The van der Waals surface area contributed by atoms with Crippen LogP contribution in [0, 0.1) is 0 Å². The summed E-state index contributed by atoms with van der Waals surface area (Å²) in [5.74, 6) is 2.67. The van der Waals surface area contributed by atoms with Gasteiger partial charge in [-0.15, -0.1) is 0 Å². The van der Waals surface area contributed by atoms with E-state index in [2.05, 4.69) is 20.5 Å². The molecule has 0 aliphatic heterocycles. The Morgan fingerprint density at radius 3 is 2.53 bits per heavy atom. The first-order valence-electron chi connectivity index (χ1n) is 10.5. The van der Waals surface area contributed by atoms with Crippen molar-refractivity contribution in [3.8, 4) is 17.2 Å². The van der Waals surface area contributed by atoms with Crippen LogP contribution in [0.1, 0.15) is 32.0 Å². The lowest BCUT2D eigenvalue weighted by Gasteiger charge is -2.13. The summed E-state index contributed by atoms with van der Waals surface area (Å²) in [4.78, 5) is 9.06. The lowest BCUT2D eigenvalue weighted by atomic mass is 10.2. The van der Waals surface area contributed by atoms with Crippen LogP contribution < -0.4 is 19.6 Å². The smallest absolute Gasteiger partial charge is 0.172 e. The molecule has 7 nitrogen and oxygen atoms in total. The third-order valence-corrected chi connectivity index (χ3v) is 4.23. The second-order valence-corrected chi connectivity index (χ2v) is 7.05. The SMILES string of the molecule is CCOc1ccc(N=C(NN=Cc2ccc(OC(C)C)c(OC)c2)c2ccccn2)cc1. The first kappa shape index (κ1) is 22.8. The number of hydrogen-bond donors (Lipinski definition) is 1. The van der Waals surface area contributed by atoms with Crippen molar-refractivity contribution in [3.05, 3.63) is 78.1 Å². The van der Waals surface area contributed by atoms with Crippen LogP contribution in [0.5, 0.6) is 17.2 Å². The molecule has 0 spiro atoms. The number of aromatic nitrogens is 1. The van der Waals surface area contributed by atoms with Gasteiger partial charge < -0.3 is 14.2 Å². The molecule has 166 valence electrons. The van der Waals surface area contributed by atoms with Crippen molar-refractivity contribution in [3.63, 3.8) is 0 Å². The molecule has 1 aromatic heterocycles. The molecule has 0 amide bonds. The summed E-state index contributed by atoms with van der Waals surface area (Å²) >= 11 is 0. The summed E-state index contributed by atoms with van der Waals surface area (Å²) < 4.78 is 16.7. The van der Waals surface area contributed by atoms with Gasteiger partial charge in [-0.1, -0.05) is 6.07 Å². The van der Waals surface area contributed by atoms with Crippen molar-refractivity contribution in [1.29, 1.82) is 0 Å². The average molecular weight is 433 g/mol. The number of amidine groups is 1. The van der Waals surface area contributed by atoms with Crippen LogP contribution in [0.3, 0.4) is 0 Å². The average Bonchev–Trinajstić information content (AvgIpc) is 2.81. The Morgan fingerprint density at radius 2 is 1.88 bits per heavy atom. The molecule has 0 saturated carbocycles. The van der Waals surface area contributed by atoms with Crippen molar-refractivity contribution in [2.24, 2.45) is 10.1 Å². The zero-order valence-corrected chi connectivity index (χ0v) is 18.8. The van der Waals surface area contributed by atoms with E-state index < -0.39 is 0 Å². The van der Waals surface area contributed by atoms with Crippen LogP contribution in [-0.2, 0) is 0 Å². The third kappa shape index (κ3) is 6.57. The number of hydrazone groups is 1. The van der Waals surface area contributed by atoms with E-state index in [9.17, 15) is 0 Å². The van der Waals surface area contributed by atoms with Gasteiger partial charge in [0.15, 0.2) is 17.3 Å². The molecule has 1 N–H and O–H groups in total. The maximum Gasteiger partial charge on any atom is 0.172 e. The fourth-order valence-electron chi connectivity index (χ4n) is 2.84. The molecule has 0 radical (unpaired) electrons. The molecule has 7 heteroatoms. The van der Waals surface area contributed by atoms with Gasteiger partial charge in [0.05, 0.1) is 31.7 Å². The zero-order valence-electron chi connectivity index (χ0n) is 18.8. The van der Waals surface area contributed by atoms with Crippen LogP contribution >= 0.6 is 0 Å². The minimum atomic E-state index is 0.0600. The lowest BCUT2D eigenvalue weighted by molar-refractivity contribution is 0.230. The number of methoxy groups -OCH3 is 1. The quantitative estimate of drug-likeness (QED) is 0.293. The van der Waals surface area contributed by atoms with E-state index >= 15 is 0 Å². The Balaban J connectivity index is 1.81. The van der Waals surface area contributed by atoms with Crippen LogP contribution in [0.4, 0.5) is 5.69 Å². The second kappa shape index (κ2) is 11.5. The Kier molecular flexibility index (Phi) is 8.20. The van der Waals surface area contributed by atoms with Gasteiger partial charge in [-0.25, -0.2) is 4.99 Å². The summed E-state index contributed by atoms with van der Waals surface area (Å²) in [6, 6.07) is 18.8. The van der Waals surface area contributed by atoms with Crippen molar-refractivity contribution < 1.29 is 14.2 Å². The molecule has 0 unspecified atom stereocenters. The summed E-state index contributed by atoms with van der Waals surface area (Å²) in [5.41, 5.74) is 5.30. The topological polar surface area (TPSA) is 77.3 Å². The van der Waals surface area contributed by atoms with Crippen LogP contribution in [-0.4, -0.2) is 36.9 Å². The fourth-order valence-corrected chi connectivity index (χ4v) is 2.84. The number of nitrogens with one attached hydrogen (secondary N) is 1. The van der Waals surface area contributed by atoms with Gasteiger partial charge >= 0.3 is 0 Å². The van der Waals surface area contributed by atoms with Gasteiger partial charge in [0.1, 0.15) is 11.4 Å². The molecule has 2 aromatic carbocycles. The Labute approximate surface area is 188 Å². The summed E-state index contributed by atoms with van der Waals surface area (Å²) in [7, 11) is 1.62. The predicted molar refractivity (Wildman–Crippen MR) is 128 cm³/mol. The van der Waals surface area contributed by atoms with E-state index in [-0.39, 0.29) is 6.10 Å². The lowest BCUT2D eigenvalue weighted by Crippen LogP contribution is -2.20. The highest BCUT2D eigenvalue weighted by Crippen LogP contribution is 2.28. The van der Waals surface area contributed by atoms with E-state index in [1.165, 1.54) is 0 Å². The summed E-state index contributed by atoms with van der Waals surface area (Å²) in [5, 5.41) is 4.36. The Bertz CT molecular complexity index is 1050. The maximum atomic E-state index is 5.76. The highest BCUT2D eigenvalue weighted by atomic mass is 16.5. The van der Waals surface area contributed by atoms with E-state index in [1.54, 1.807) is 19.5 Å². The molecule has 0 saturated heterocycles. The zero-order chi connectivity index (χ0) is 22.8. The van der Waals surface area contributed by atoms with Crippen molar-refractivity contribution in [2.45, 2.75) is 26.9 Å². The number of rotatable bonds is 9. The van der Waals surface area contributed by atoms with Crippen molar-refractivity contribution in [2.75, 3.05) is 13.7 Å². The van der Waals surface area contributed by atoms with Gasteiger partial charge in [0, 0.05) is 6.20 Å². The van der Waals surface area contributed by atoms with Gasteiger partial charge in [-0.2, -0.15) is 5.10 Å². The number of benzene rings is 2. The number of aliphatic imine (C=N–C) groups is 1. The Hall–Kier alpha value is -3.87. The molecule has 0 atom stereocenters. The van der Waals surface area contributed by atoms with E-state index in [0.717, 1.165) is 17.0 Å². The second-order valence-electron chi connectivity index (χ2n) is 7.05. The molecular formula is C25H28N4O3. The number of ether oxygens (including phenoxy) is 3. The number of pyridine rings is 1. The van der Waals surface area contributed by atoms with Crippen molar-refractivity contribution >= 4 is 17.7 Å². The van der Waals surface area contributed by atoms with Crippen LogP contribution in [0.15, 0.2) is 77.0 Å². The maximum absolute atomic E-state index is 5.76. The van der Waals surface area contributed by atoms with Gasteiger partial charge in [0.2, 0.25) is 0 Å². The summed E-state index contributed by atoms with van der Waals surface area (Å²) in [6.45, 7) is 6.52. The normalized spacial score (nSPS) is 11.6. The van der Waals surface area contributed by atoms with Crippen molar-refractivity contribution in [1.82, 2.24) is 10.4 Å². The highest BCUT2D eigenvalue weighted by molar-refractivity contribution is 5.99. The van der Waals surface area contributed by atoms with Gasteiger partial charge in [0.25, 0.3) is 0 Å². The number of nitrogens with zero attached hydrogens (tertiary/aromatic N) is 3. The number of hydrogen-bond acceptors (Lipinski definition) is 6. The monoisotopic (exact) mass is 432 g/mol. The Morgan fingerprint density at radius 1 is 1.06 bits per heavy atom. The fraction of sp³-hybridized carbons (Fsp3) is 0.240. The molecule has 3 rings (SSSR count). The molecule has 1 heterocycles. The largest absolute Gasteiger partial charge is 0.494 e. The molecule has 0 aliphatic rings. The standard InChI is InChI=1S/C25H28N4O3/c1-5-31-21-12-10-20(11-13-21)28-25(22-8-6-7-15-26-22)29-27-17-19-9-14-23(32-18(2)3)24(16-19)30-4/h6-18H,5H2,1-4H3,(H,28,29). The first-order chi connectivity index (χ1) is 15.6. The molecule has 3 aromatic rings. The van der Waals surface area contributed by atoms with Gasteiger partial charge in [-0.3, -0.25) is 10.4 Å². The molecule has 32 heavy (non-hydrogen) atoms. The summed E-state index contributed by atoms with van der Waals surface area (Å²) in [6.07, 6.45) is 3.47. The van der Waals surface area contributed by atoms with E-state index in [0.29, 0.717) is 29.6 Å². The van der Waals surface area contributed by atoms with E-state index in [1.807, 2.05) is 81.4 Å². The third-order valence-electron chi connectivity index (χ3n) is 4.23. The van der Waals surface area contributed by atoms with Crippen LogP contribution in [0.2, 0.25) is 0 Å². The molecular weight excluding hydrogens is 404 g/mol. The molecule has 0 aliphatic carbocycles. The predicted octanol–water partition coefficient (Wildman–Crippen LogP) is 4.98. The molecule has 0 fully saturated rings. The van der Waals surface area contributed by atoms with Crippen LogP contribution in [0.25, 0.3) is 0 Å².